The fraction of sp³-hybridized carbons (Fsp3) is 0.400. The molecule has 0 saturated carbocycles. The van der Waals surface area contributed by atoms with Crippen molar-refractivity contribution in [3.63, 3.8) is 0 Å². The molecule has 0 N–H and O–H groups in total. The SMILES string of the molecule is C=C/C=C(\C=C/C)C(C)(C)c1ccccc1.CC.CC. The first-order valence-electron chi connectivity index (χ1n) is 7.64. The molecule has 0 aliphatic carbocycles. The van der Waals surface area contributed by atoms with Crippen LogP contribution in [0.15, 0.2) is 66.8 Å². The van der Waals surface area contributed by atoms with E-state index in [2.05, 4.69) is 62.9 Å². The van der Waals surface area contributed by atoms with Gasteiger partial charge in [0.05, 0.1) is 0 Å². The van der Waals surface area contributed by atoms with Gasteiger partial charge in [-0.3, -0.25) is 0 Å². The third-order valence-electron chi connectivity index (χ3n) is 2.86. The zero-order valence-electron chi connectivity index (χ0n) is 14.4. The van der Waals surface area contributed by atoms with E-state index in [0.29, 0.717) is 0 Å². The summed E-state index contributed by atoms with van der Waals surface area (Å²) < 4.78 is 0. The van der Waals surface area contributed by atoms with Crippen molar-refractivity contribution in [3.8, 4) is 0 Å². The van der Waals surface area contributed by atoms with Gasteiger partial charge >= 0.3 is 0 Å². The standard InChI is InChI=1S/C16H20.2C2H6/c1-5-10-14(11-6-2)16(3,4)15-12-8-7-9-13-15;2*1-2/h5-13H,1H2,2-4H3;2*1-2H3/b11-6-,14-10+;;. The predicted octanol–water partition coefficient (Wildman–Crippen LogP) is 6.71. The Morgan fingerprint density at radius 1 is 1.00 bits per heavy atom. The maximum atomic E-state index is 3.78. The van der Waals surface area contributed by atoms with E-state index in [-0.39, 0.29) is 5.41 Å². The topological polar surface area (TPSA) is 0 Å². The highest BCUT2D eigenvalue weighted by atomic mass is 14.3. The van der Waals surface area contributed by atoms with E-state index in [1.165, 1.54) is 11.1 Å². The van der Waals surface area contributed by atoms with Crippen molar-refractivity contribution in [1.82, 2.24) is 0 Å². The molecule has 20 heavy (non-hydrogen) atoms. The summed E-state index contributed by atoms with van der Waals surface area (Å²) in [6.45, 7) is 18.3. The van der Waals surface area contributed by atoms with E-state index < -0.39 is 0 Å². The first-order chi connectivity index (χ1) is 9.62. The molecular formula is C20H32. The highest BCUT2D eigenvalue weighted by Gasteiger charge is 2.22. The van der Waals surface area contributed by atoms with Crippen molar-refractivity contribution in [2.75, 3.05) is 0 Å². The molecule has 0 bridgehead atoms. The number of rotatable bonds is 4. The largest absolute Gasteiger partial charge is 0.0991 e. The smallest absolute Gasteiger partial charge is 0.0146 e. The zero-order chi connectivity index (χ0) is 16.0. The van der Waals surface area contributed by atoms with E-state index in [9.17, 15) is 0 Å². The third-order valence-corrected chi connectivity index (χ3v) is 2.86. The monoisotopic (exact) mass is 272 g/mol. The zero-order valence-corrected chi connectivity index (χ0v) is 14.4. The van der Waals surface area contributed by atoms with Crippen molar-refractivity contribution in [1.29, 1.82) is 0 Å². The lowest BCUT2D eigenvalue weighted by Crippen LogP contribution is -2.19. The minimum absolute atomic E-state index is 0.0158. The number of allylic oxidation sites excluding steroid dienone is 5. The third kappa shape index (κ3) is 6.56. The Balaban J connectivity index is 0. The van der Waals surface area contributed by atoms with Gasteiger partial charge in [-0.15, -0.1) is 0 Å². The van der Waals surface area contributed by atoms with Gasteiger partial charge in [0.2, 0.25) is 0 Å². The maximum Gasteiger partial charge on any atom is 0.0146 e. The van der Waals surface area contributed by atoms with E-state index in [4.69, 9.17) is 0 Å². The molecule has 0 aliphatic rings. The summed E-state index contributed by atoms with van der Waals surface area (Å²) in [7, 11) is 0. The Morgan fingerprint density at radius 3 is 1.90 bits per heavy atom. The first kappa shape index (κ1) is 20.8. The molecule has 0 amide bonds. The number of hydrogen-bond donors (Lipinski definition) is 0. The van der Waals surface area contributed by atoms with Crippen molar-refractivity contribution < 1.29 is 0 Å². The van der Waals surface area contributed by atoms with Gasteiger partial charge in [0.15, 0.2) is 0 Å². The first-order valence-corrected chi connectivity index (χ1v) is 7.64. The van der Waals surface area contributed by atoms with Crippen molar-refractivity contribution >= 4 is 0 Å². The second-order valence-corrected chi connectivity index (χ2v) is 4.35. The molecule has 0 fully saturated rings. The molecule has 0 aromatic heterocycles. The molecule has 0 spiro atoms. The summed E-state index contributed by atoms with van der Waals surface area (Å²) in [5.41, 5.74) is 2.61. The van der Waals surface area contributed by atoms with Crippen LogP contribution in [0.1, 0.15) is 54.0 Å². The average Bonchev–Trinajstić information content (AvgIpc) is 2.52. The van der Waals surface area contributed by atoms with Gasteiger partial charge in [0.25, 0.3) is 0 Å². The molecule has 1 aromatic rings. The van der Waals surface area contributed by atoms with Gasteiger partial charge in [-0.05, 0) is 18.1 Å². The normalized spacial score (nSPS) is 11.1. The van der Waals surface area contributed by atoms with Crippen molar-refractivity contribution in [2.45, 2.75) is 53.9 Å². The molecule has 0 radical (unpaired) electrons. The fourth-order valence-corrected chi connectivity index (χ4v) is 1.80. The second kappa shape index (κ2) is 12.5. The Morgan fingerprint density at radius 2 is 1.50 bits per heavy atom. The van der Waals surface area contributed by atoms with Crippen LogP contribution in [0.3, 0.4) is 0 Å². The summed E-state index contributed by atoms with van der Waals surface area (Å²) in [6, 6.07) is 10.5. The van der Waals surface area contributed by atoms with Crippen LogP contribution >= 0.6 is 0 Å². The van der Waals surface area contributed by atoms with E-state index in [0.717, 1.165) is 0 Å². The lowest BCUT2D eigenvalue weighted by atomic mass is 9.77. The summed E-state index contributed by atoms with van der Waals surface area (Å²) in [6.07, 6.45) is 8.14. The van der Waals surface area contributed by atoms with E-state index in [1.807, 2.05) is 46.8 Å². The van der Waals surface area contributed by atoms with Crippen LogP contribution in [-0.2, 0) is 5.41 Å². The van der Waals surface area contributed by atoms with E-state index >= 15 is 0 Å². The Kier molecular flexibility index (Phi) is 12.9. The molecule has 0 nitrogen and oxygen atoms in total. The summed E-state index contributed by atoms with van der Waals surface area (Å²) in [4.78, 5) is 0. The van der Waals surface area contributed by atoms with Gasteiger partial charge in [-0.1, -0.05) is 103 Å². The molecule has 1 rings (SSSR count). The average molecular weight is 272 g/mol. The summed E-state index contributed by atoms with van der Waals surface area (Å²) in [5, 5.41) is 0. The molecule has 0 saturated heterocycles. The lowest BCUT2D eigenvalue weighted by Gasteiger charge is -2.27. The van der Waals surface area contributed by atoms with Crippen molar-refractivity contribution in [3.05, 3.63) is 72.4 Å². The maximum absolute atomic E-state index is 3.78. The summed E-state index contributed by atoms with van der Waals surface area (Å²) >= 11 is 0. The van der Waals surface area contributed by atoms with Crippen LogP contribution in [-0.4, -0.2) is 0 Å². The van der Waals surface area contributed by atoms with Crippen LogP contribution in [0, 0.1) is 0 Å². The predicted molar refractivity (Wildman–Crippen MR) is 95.3 cm³/mol. The van der Waals surface area contributed by atoms with Crippen LogP contribution in [0.4, 0.5) is 0 Å². The van der Waals surface area contributed by atoms with Crippen molar-refractivity contribution in [2.24, 2.45) is 0 Å². The number of benzene rings is 1. The lowest BCUT2D eigenvalue weighted by molar-refractivity contribution is 0.639. The molecule has 0 atom stereocenters. The fourth-order valence-electron chi connectivity index (χ4n) is 1.80. The molecule has 0 aliphatic heterocycles. The van der Waals surface area contributed by atoms with E-state index in [1.54, 1.807) is 0 Å². The highest BCUT2D eigenvalue weighted by molar-refractivity contribution is 5.41. The van der Waals surface area contributed by atoms with Crippen LogP contribution < -0.4 is 0 Å². The quantitative estimate of drug-likeness (QED) is 0.535. The Labute approximate surface area is 126 Å². The molecule has 0 heterocycles. The van der Waals surface area contributed by atoms with Gasteiger partial charge in [0.1, 0.15) is 0 Å². The second-order valence-electron chi connectivity index (χ2n) is 4.35. The Hall–Kier alpha value is -1.56. The Bertz CT molecular complexity index is 391. The van der Waals surface area contributed by atoms with Gasteiger partial charge < -0.3 is 0 Å². The van der Waals surface area contributed by atoms with Gasteiger partial charge in [-0.2, -0.15) is 0 Å². The van der Waals surface area contributed by atoms with Crippen LogP contribution in [0.2, 0.25) is 0 Å². The van der Waals surface area contributed by atoms with Gasteiger partial charge in [-0.25, -0.2) is 0 Å². The minimum atomic E-state index is 0.0158. The van der Waals surface area contributed by atoms with Crippen LogP contribution in [0.25, 0.3) is 0 Å². The van der Waals surface area contributed by atoms with Gasteiger partial charge in [0, 0.05) is 5.41 Å². The number of hydrogen-bond acceptors (Lipinski definition) is 0. The minimum Gasteiger partial charge on any atom is -0.0991 e. The van der Waals surface area contributed by atoms with Crippen LogP contribution in [0.5, 0.6) is 0 Å². The molecule has 0 heteroatoms. The molecule has 0 unspecified atom stereocenters. The highest BCUT2D eigenvalue weighted by Crippen LogP contribution is 2.32. The molecule has 1 aromatic carbocycles. The molecular weight excluding hydrogens is 240 g/mol. The summed E-state index contributed by atoms with van der Waals surface area (Å²) in [5.74, 6) is 0. The molecule has 112 valence electrons.